The molecule has 4 heteroatoms. The van der Waals surface area contributed by atoms with Crippen molar-refractivity contribution in [1.82, 2.24) is 0 Å². The van der Waals surface area contributed by atoms with Gasteiger partial charge in [0.25, 0.3) is 0 Å². The van der Waals surface area contributed by atoms with Crippen LogP contribution in [0.5, 0.6) is 11.5 Å². The summed E-state index contributed by atoms with van der Waals surface area (Å²) in [4.78, 5) is 0. The normalized spacial score (nSPS) is 9.65. The number of hydrogen-bond donors (Lipinski definition) is 1. The Bertz CT molecular complexity index is 590. The van der Waals surface area contributed by atoms with Gasteiger partial charge in [0.1, 0.15) is 23.4 Å². The minimum absolute atomic E-state index is 0.00933. The molecule has 0 aliphatic rings. The number of benzene rings is 2. The summed E-state index contributed by atoms with van der Waals surface area (Å²) >= 11 is 0. The quantitative estimate of drug-likeness (QED) is 0.803. The molecule has 2 aromatic rings. The smallest absolute Gasteiger partial charge is 0.144 e. The Morgan fingerprint density at radius 1 is 1.12 bits per heavy atom. The van der Waals surface area contributed by atoms with E-state index in [9.17, 15) is 4.39 Å². The van der Waals surface area contributed by atoms with Crippen molar-refractivity contribution in [1.29, 1.82) is 5.26 Å². The lowest BCUT2D eigenvalue weighted by molar-refractivity contribution is 0.477. The van der Waals surface area contributed by atoms with Crippen molar-refractivity contribution in [2.75, 3.05) is 5.73 Å². The third-order valence-corrected chi connectivity index (χ3v) is 2.15. The number of anilines is 1. The SMILES string of the molecule is N#Cc1ccc(Oc2cccc(N)c2)cc1F. The Balaban J connectivity index is 2.25. The fraction of sp³-hybridized carbons (Fsp3) is 0. The summed E-state index contributed by atoms with van der Waals surface area (Å²) in [5.74, 6) is 0.245. The zero-order chi connectivity index (χ0) is 12.3. The number of halogens is 1. The molecule has 0 aliphatic heterocycles. The fourth-order valence-electron chi connectivity index (χ4n) is 1.36. The average molecular weight is 228 g/mol. The van der Waals surface area contributed by atoms with E-state index in [2.05, 4.69) is 0 Å². The molecule has 0 atom stereocenters. The maximum absolute atomic E-state index is 13.3. The Morgan fingerprint density at radius 2 is 1.88 bits per heavy atom. The molecular formula is C13H9FN2O. The topological polar surface area (TPSA) is 59.0 Å². The van der Waals surface area contributed by atoms with Crippen molar-refractivity contribution in [3.05, 3.63) is 53.8 Å². The van der Waals surface area contributed by atoms with Crippen LogP contribution in [0, 0.1) is 17.1 Å². The highest BCUT2D eigenvalue weighted by Gasteiger charge is 2.04. The first-order valence-electron chi connectivity index (χ1n) is 4.92. The lowest BCUT2D eigenvalue weighted by Gasteiger charge is -2.06. The molecule has 3 nitrogen and oxygen atoms in total. The summed E-state index contributed by atoms with van der Waals surface area (Å²) in [6, 6.07) is 12.6. The molecule has 0 radical (unpaired) electrons. The van der Waals surface area contributed by atoms with E-state index in [1.54, 1.807) is 30.3 Å². The van der Waals surface area contributed by atoms with Crippen molar-refractivity contribution in [2.24, 2.45) is 0 Å². The summed E-state index contributed by atoms with van der Waals surface area (Å²) in [5.41, 5.74) is 6.15. The number of nitrogen functional groups attached to an aromatic ring is 1. The minimum Gasteiger partial charge on any atom is -0.457 e. The third kappa shape index (κ3) is 2.52. The number of hydrogen-bond acceptors (Lipinski definition) is 3. The van der Waals surface area contributed by atoms with E-state index in [0.29, 0.717) is 17.2 Å². The zero-order valence-corrected chi connectivity index (χ0v) is 8.85. The first kappa shape index (κ1) is 11.0. The number of rotatable bonds is 2. The Kier molecular flexibility index (Phi) is 2.93. The Labute approximate surface area is 97.9 Å². The maximum Gasteiger partial charge on any atom is 0.144 e. The molecule has 84 valence electrons. The van der Waals surface area contributed by atoms with Gasteiger partial charge < -0.3 is 10.5 Å². The van der Waals surface area contributed by atoms with Gasteiger partial charge in [-0.05, 0) is 24.3 Å². The summed E-state index contributed by atoms with van der Waals surface area (Å²) < 4.78 is 18.7. The van der Waals surface area contributed by atoms with Crippen molar-refractivity contribution in [3.8, 4) is 17.6 Å². The number of nitrogens with two attached hydrogens (primary N) is 1. The Hall–Kier alpha value is -2.54. The van der Waals surface area contributed by atoms with E-state index < -0.39 is 5.82 Å². The van der Waals surface area contributed by atoms with Gasteiger partial charge in [-0.15, -0.1) is 0 Å². The van der Waals surface area contributed by atoms with Crippen molar-refractivity contribution in [2.45, 2.75) is 0 Å². The monoisotopic (exact) mass is 228 g/mol. The molecule has 0 saturated heterocycles. The second-order valence-electron chi connectivity index (χ2n) is 3.43. The van der Waals surface area contributed by atoms with Crippen LogP contribution in [-0.2, 0) is 0 Å². The standard InChI is InChI=1S/C13H9FN2O/c14-13-7-12(5-4-9(13)8-15)17-11-3-1-2-10(16)6-11/h1-7H,16H2. The summed E-state index contributed by atoms with van der Waals surface area (Å²) in [6.45, 7) is 0. The molecule has 0 saturated carbocycles. The van der Waals surface area contributed by atoms with Gasteiger partial charge >= 0.3 is 0 Å². The molecule has 0 aromatic heterocycles. The number of nitriles is 1. The number of nitrogens with zero attached hydrogens (tertiary/aromatic N) is 1. The molecule has 17 heavy (non-hydrogen) atoms. The molecule has 0 unspecified atom stereocenters. The summed E-state index contributed by atoms with van der Waals surface area (Å²) in [7, 11) is 0. The highest BCUT2D eigenvalue weighted by atomic mass is 19.1. The van der Waals surface area contributed by atoms with Crippen LogP contribution in [-0.4, -0.2) is 0 Å². The minimum atomic E-state index is -0.603. The van der Waals surface area contributed by atoms with Gasteiger partial charge in [0, 0.05) is 17.8 Å². The van der Waals surface area contributed by atoms with E-state index >= 15 is 0 Å². The van der Waals surface area contributed by atoms with Crippen LogP contribution in [0.2, 0.25) is 0 Å². The van der Waals surface area contributed by atoms with E-state index in [1.807, 2.05) is 0 Å². The van der Waals surface area contributed by atoms with Gasteiger partial charge in [-0.3, -0.25) is 0 Å². The fourth-order valence-corrected chi connectivity index (χ4v) is 1.36. The van der Waals surface area contributed by atoms with E-state index in [-0.39, 0.29) is 5.56 Å². The first-order chi connectivity index (χ1) is 8.19. The van der Waals surface area contributed by atoms with Crippen LogP contribution < -0.4 is 10.5 Å². The molecule has 0 fully saturated rings. The van der Waals surface area contributed by atoms with Gasteiger partial charge in [-0.25, -0.2) is 4.39 Å². The van der Waals surface area contributed by atoms with Crippen LogP contribution in [0.4, 0.5) is 10.1 Å². The van der Waals surface area contributed by atoms with E-state index in [4.69, 9.17) is 15.7 Å². The van der Waals surface area contributed by atoms with Crippen LogP contribution in [0.15, 0.2) is 42.5 Å². The maximum atomic E-state index is 13.3. The highest BCUT2D eigenvalue weighted by Crippen LogP contribution is 2.24. The molecule has 0 aliphatic carbocycles. The summed E-state index contributed by atoms with van der Waals surface area (Å²) in [5, 5.41) is 8.59. The second-order valence-corrected chi connectivity index (χ2v) is 3.43. The zero-order valence-electron chi connectivity index (χ0n) is 8.85. The van der Waals surface area contributed by atoms with Crippen LogP contribution in [0.1, 0.15) is 5.56 Å². The van der Waals surface area contributed by atoms with Crippen molar-refractivity contribution in [3.63, 3.8) is 0 Å². The largest absolute Gasteiger partial charge is 0.457 e. The lowest BCUT2D eigenvalue weighted by Crippen LogP contribution is -1.89. The predicted octanol–water partition coefficient (Wildman–Crippen LogP) is 3.07. The second kappa shape index (κ2) is 4.54. The van der Waals surface area contributed by atoms with Gasteiger partial charge in [0.05, 0.1) is 5.56 Å². The van der Waals surface area contributed by atoms with Gasteiger partial charge in [0.15, 0.2) is 0 Å². The average Bonchev–Trinajstić information content (AvgIpc) is 2.29. The van der Waals surface area contributed by atoms with Crippen LogP contribution in [0.25, 0.3) is 0 Å². The predicted molar refractivity (Wildman–Crippen MR) is 62.0 cm³/mol. The van der Waals surface area contributed by atoms with Crippen LogP contribution >= 0.6 is 0 Å². The van der Waals surface area contributed by atoms with Crippen LogP contribution in [0.3, 0.4) is 0 Å². The van der Waals surface area contributed by atoms with E-state index in [1.165, 1.54) is 18.2 Å². The third-order valence-electron chi connectivity index (χ3n) is 2.15. The molecule has 2 rings (SSSR count). The summed E-state index contributed by atoms with van der Waals surface area (Å²) in [6.07, 6.45) is 0. The Morgan fingerprint density at radius 3 is 2.53 bits per heavy atom. The lowest BCUT2D eigenvalue weighted by atomic mass is 10.2. The molecule has 2 aromatic carbocycles. The molecule has 0 heterocycles. The highest BCUT2D eigenvalue weighted by molar-refractivity contribution is 5.45. The number of ether oxygens (including phenoxy) is 1. The molecule has 0 spiro atoms. The molecule has 2 N–H and O–H groups in total. The van der Waals surface area contributed by atoms with E-state index in [0.717, 1.165) is 0 Å². The van der Waals surface area contributed by atoms with Gasteiger partial charge in [-0.2, -0.15) is 5.26 Å². The molecule has 0 bridgehead atoms. The first-order valence-corrected chi connectivity index (χ1v) is 4.92. The molecular weight excluding hydrogens is 219 g/mol. The molecule has 0 amide bonds. The van der Waals surface area contributed by atoms with Gasteiger partial charge in [-0.1, -0.05) is 6.07 Å². The van der Waals surface area contributed by atoms with Crippen molar-refractivity contribution >= 4 is 5.69 Å². The van der Waals surface area contributed by atoms with Crippen molar-refractivity contribution < 1.29 is 9.13 Å². The van der Waals surface area contributed by atoms with Gasteiger partial charge in [0.2, 0.25) is 0 Å².